The van der Waals surface area contributed by atoms with Crippen molar-refractivity contribution in [1.29, 1.82) is 0 Å². The van der Waals surface area contributed by atoms with E-state index in [1.165, 1.54) is 24.2 Å². The number of hydrogen-bond acceptors (Lipinski definition) is 2. The van der Waals surface area contributed by atoms with Crippen LogP contribution in [-0.2, 0) is 0 Å². The molecule has 2 rings (SSSR count). The van der Waals surface area contributed by atoms with Crippen LogP contribution in [0.2, 0.25) is 0 Å². The fourth-order valence-corrected chi connectivity index (χ4v) is 3.65. The van der Waals surface area contributed by atoms with Gasteiger partial charge in [-0.3, -0.25) is 0 Å². The van der Waals surface area contributed by atoms with Crippen molar-refractivity contribution in [3.05, 3.63) is 35.4 Å². The monoisotopic (exact) mass is 250 g/mol. The molecule has 0 bridgehead atoms. The lowest BCUT2D eigenvalue weighted by Gasteiger charge is -2.26. The number of rotatable bonds is 3. The van der Waals surface area contributed by atoms with E-state index in [-0.39, 0.29) is 6.10 Å². The molecular weight excluding hydrogens is 228 g/mol. The topological polar surface area (TPSA) is 20.2 Å². The third kappa shape index (κ3) is 3.26. The summed E-state index contributed by atoms with van der Waals surface area (Å²) in [5, 5.41) is 10.8. The van der Waals surface area contributed by atoms with Crippen molar-refractivity contribution in [2.45, 2.75) is 50.4 Å². The van der Waals surface area contributed by atoms with Gasteiger partial charge in [-0.2, -0.15) is 11.8 Å². The Balaban J connectivity index is 2.05. The summed E-state index contributed by atoms with van der Waals surface area (Å²) >= 11 is 1.93. The minimum absolute atomic E-state index is 0.290. The minimum Gasteiger partial charge on any atom is -0.387 e. The van der Waals surface area contributed by atoms with Gasteiger partial charge in [0.15, 0.2) is 0 Å². The van der Waals surface area contributed by atoms with E-state index < -0.39 is 0 Å². The summed E-state index contributed by atoms with van der Waals surface area (Å²) in [7, 11) is 0. The van der Waals surface area contributed by atoms with Gasteiger partial charge in [-0.15, -0.1) is 0 Å². The number of thioether (sulfide) groups is 1. The van der Waals surface area contributed by atoms with Crippen LogP contribution in [0.25, 0.3) is 0 Å². The third-order valence-corrected chi connectivity index (χ3v) is 4.96. The number of benzene rings is 1. The maximum atomic E-state index is 10.4. The van der Waals surface area contributed by atoms with Gasteiger partial charge in [-0.05, 0) is 35.6 Å². The molecule has 1 nitrogen and oxygen atoms in total. The Hall–Kier alpha value is -0.470. The van der Waals surface area contributed by atoms with Crippen LogP contribution in [0.4, 0.5) is 0 Å². The van der Waals surface area contributed by atoms with Crippen LogP contribution in [0.1, 0.15) is 56.3 Å². The first-order chi connectivity index (χ1) is 8.18. The van der Waals surface area contributed by atoms with Gasteiger partial charge in [0, 0.05) is 5.25 Å². The summed E-state index contributed by atoms with van der Waals surface area (Å²) < 4.78 is 0. The average molecular weight is 250 g/mol. The van der Waals surface area contributed by atoms with Gasteiger partial charge < -0.3 is 5.11 Å². The molecule has 94 valence electrons. The molecule has 1 saturated heterocycles. The van der Waals surface area contributed by atoms with Gasteiger partial charge >= 0.3 is 0 Å². The van der Waals surface area contributed by atoms with Crippen LogP contribution in [0.15, 0.2) is 24.3 Å². The molecule has 1 aromatic carbocycles. The molecule has 2 atom stereocenters. The molecule has 2 heteroatoms. The number of aliphatic hydroxyl groups is 1. The van der Waals surface area contributed by atoms with Gasteiger partial charge in [0.2, 0.25) is 0 Å². The fraction of sp³-hybridized carbons (Fsp3) is 0.600. The molecule has 0 aromatic heterocycles. The van der Waals surface area contributed by atoms with E-state index in [9.17, 15) is 5.11 Å². The Morgan fingerprint density at radius 2 is 1.76 bits per heavy atom. The smallest absolute Gasteiger partial charge is 0.0908 e. The second kappa shape index (κ2) is 5.92. The van der Waals surface area contributed by atoms with Crippen LogP contribution in [0, 0.1) is 0 Å². The average Bonchev–Trinajstić information content (AvgIpc) is 2.39. The molecule has 1 heterocycles. The lowest BCUT2D eigenvalue weighted by Crippen LogP contribution is -2.18. The second-order valence-corrected chi connectivity index (χ2v) is 6.52. The summed E-state index contributed by atoms with van der Waals surface area (Å²) in [4.78, 5) is 0. The van der Waals surface area contributed by atoms with Crippen molar-refractivity contribution in [2.75, 3.05) is 5.75 Å². The Morgan fingerprint density at radius 1 is 1.12 bits per heavy atom. The molecule has 0 radical (unpaired) electrons. The molecule has 2 unspecified atom stereocenters. The SMILES string of the molecule is CC(C)c1ccc(C(O)C2CCCCS2)cc1. The molecule has 1 aliphatic heterocycles. The van der Waals surface area contributed by atoms with E-state index >= 15 is 0 Å². The van der Waals surface area contributed by atoms with E-state index in [0.717, 1.165) is 12.0 Å². The zero-order chi connectivity index (χ0) is 12.3. The Labute approximate surface area is 109 Å². The number of hydrogen-bond donors (Lipinski definition) is 1. The highest BCUT2D eigenvalue weighted by Crippen LogP contribution is 2.34. The summed E-state index contributed by atoms with van der Waals surface area (Å²) in [5.41, 5.74) is 2.42. The molecule has 0 spiro atoms. The first-order valence-electron chi connectivity index (χ1n) is 6.58. The van der Waals surface area contributed by atoms with Crippen molar-refractivity contribution in [3.8, 4) is 0 Å². The zero-order valence-corrected chi connectivity index (χ0v) is 11.5. The Morgan fingerprint density at radius 3 is 2.29 bits per heavy atom. The summed E-state index contributed by atoms with van der Waals surface area (Å²) in [5.74, 6) is 1.76. The van der Waals surface area contributed by atoms with Crippen molar-refractivity contribution in [3.63, 3.8) is 0 Å². The molecule has 0 amide bonds. The largest absolute Gasteiger partial charge is 0.387 e. The molecule has 0 saturated carbocycles. The molecular formula is C15H22OS. The fourth-order valence-electron chi connectivity index (χ4n) is 2.31. The molecule has 0 aliphatic carbocycles. The first kappa shape index (κ1) is 13.0. The highest BCUT2D eigenvalue weighted by molar-refractivity contribution is 7.99. The molecule has 1 aliphatic rings. The quantitative estimate of drug-likeness (QED) is 0.870. The highest BCUT2D eigenvalue weighted by Gasteiger charge is 2.23. The molecule has 1 fully saturated rings. The summed E-state index contributed by atoms with van der Waals surface area (Å²) in [6, 6.07) is 8.48. The zero-order valence-electron chi connectivity index (χ0n) is 10.7. The van der Waals surface area contributed by atoms with Gasteiger partial charge in [0.05, 0.1) is 6.10 Å². The highest BCUT2D eigenvalue weighted by atomic mass is 32.2. The van der Waals surface area contributed by atoms with Gasteiger partial charge in [0.1, 0.15) is 0 Å². The normalized spacial score (nSPS) is 22.7. The van der Waals surface area contributed by atoms with Crippen molar-refractivity contribution in [2.24, 2.45) is 0 Å². The van der Waals surface area contributed by atoms with Crippen LogP contribution in [0.5, 0.6) is 0 Å². The van der Waals surface area contributed by atoms with Crippen LogP contribution in [0.3, 0.4) is 0 Å². The Kier molecular flexibility index (Phi) is 4.52. The molecule has 17 heavy (non-hydrogen) atoms. The van der Waals surface area contributed by atoms with E-state index in [1.54, 1.807) is 0 Å². The summed E-state index contributed by atoms with van der Waals surface area (Å²) in [6.45, 7) is 4.39. The minimum atomic E-state index is -0.290. The van der Waals surface area contributed by atoms with Gasteiger partial charge in [-0.25, -0.2) is 0 Å². The van der Waals surface area contributed by atoms with Crippen LogP contribution >= 0.6 is 11.8 Å². The Bertz CT molecular complexity index is 338. The lowest BCUT2D eigenvalue weighted by atomic mass is 9.97. The van der Waals surface area contributed by atoms with E-state index in [1.807, 2.05) is 11.8 Å². The molecule has 1 aromatic rings. The van der Waals surface area contributed by atoms with E-state index in [2.05, 4.69) is 38.1 Å². The van der Waals surface area contributed by atoms with Gasteiger partial charge in [0.25, 0.3) is 0 Å². The predicted molar refractivity (Wildman–Crippen MR) is 75.6 cm³/mol. The van der Waals surface area contributed by atoms with Crippen molar-refractivity contribution < 1.29 is 5.11 Å². The lowest BCUT2D eigenvalue weighted by molar-refractivity contribution is 0.169. The van der Waals surface area contributed by atoms with Crippen molar-refractivity contribution in [1.82, 2.24) is 0 Å². The maximum absolute atomic E-state index is 10.4. The number of aliphatic hydroxyl groups excluding tert-OH is 1. The maximum Gasteiger partial charge on any atom is 0.0908 e. The van der Waals surface area contributed by atoms with Crippen LogP contribution < -0.4 is 0 Å². The molecule has 1 N–H and O–H groups in total. The standard InChI is InChI=1S/C15H22OS/c1-11(2)12-6-8-13(9-7-12)15(16)14-5-3-4-10-17-14/h6-9,11,14-16H,3-5,10H2,1-2H3. The van der Waals surface area contributed by atoms with Gasteiger partial charge in [-0.1, -0.05) is 44.5 Å². The third-order valence-electron chi connectivity index (χ3n) is 3.51. The summed E-state index contributed by atoms with van der Waals surface area (Å²) in [6.07, 6.45) is 3.43. The van der Waals surface area contributed by atoms with E-state index in [4.69, 9.17) is 0 Å². The van der Waals surface area contributed by atoms with E-state index in [0.29, 0.717) is 11.2 Å². The van der Waals surface area contributed by atoms with Crippen LogP contribution in [-0.4, -0.2) is 16.1 Å². The predicted octanol–water partition coefficient (Wildman–Crippen LogP) is 4.13. The first-order valence-corrected chi connectivity index (χ1v) is 7.63. The second-order valence-electron chi connectivity index (χ2n) is 5.17. The van der Waals surface area contributed by atoms with Crippen molar-refractivity contribution >= 4 is 11.8 Å².